The standard InChI is InChI=1S/C11H16O.C10H11S.C4H10Si.2ClH.Ti/c1-8-5-9(11(2,3)4)7-10(12)6-8;1-6-4-10-9(8(6)3)5-7(2)11-10;1-3-5-4-2;;;/h5-7,12H,1-4H3;4-5H,1-3H3;3-4H2,1-2H3;2*1H;/q;-1;;;;. The molecule has 0 aliphatic carbocycles. The van der Waals surface area contributed by atoms with Gasteiger partial charge in [0, 0.05) is 31.2 Å². The first-order valence-corrected chi connectivity index (χ1v) is 12.4. The van der Waals surface area contributed by atoms with Gasteiger partial charge in [-0.05, 0) is 47.4 Å². The Morgan fingerprint density at radius 2 is 1.48 bits per heavy atom. The SMILES string of the molecule is CC[Si]CC.Cc1cc(O)cc(C(C)(C)C)c1.Cc1cc2c(C)c(C)[cH-]c2s1.Cl.Cl.[Ti]. The zero-order chi connectivity index (χ0) is 21.5. The first-order valence-electron chi connectivity index (χ1n) is 10.1. The number of aryl methyl sites for hydroxylation is 4. The molecule has 1 nitrogen and oxygen atoms in total. The third-order valence-electron chi connectivity index (χ3n) is 4.66. The van der Waals surface area contributed by atoms with Crippen LogP contribution in [0.25, 0.3) is 10.1 Å². The average Bonchev–Trinajstić information content (AvgIpc) is 3.05. The molecule has 0 bridgehead atoms. The third kappa shape index (κ3) is 12.0. The van der Waals surface area contributed by atoms with Crippen LogP contribution in [0.5, 0.6) is 5.75 Å². The summed E-state index contributed by atoms with van der Waals surface area (Å²) in [6.07, 6.45) is 0. The van der Waals surface area contributed by atoms with E-state index < -0.39 is 0 Å². The van der Waals surface area contributed by atoms with E-state index >= 15 is 0 Å². The normalized spacial score (nSPS) is 9.84. The molecule has 0 amide bonds. The maximum absolute atomic E-state index is 9.36. The molecule has 0 aliphatic rings. The first kappa shape index (κ1) is 35.4. The van der Waals surface area contributed by atoms with Crippen LogP contribution in [0.15, 0.2) is 30.3 Å². The van der Waals surface area contributed by atoms with E-state index in [4.69, 9.17) is 0 Å². The zero-order valence-electron chi connectivity index (χ0n) is 20.5. The monoisotopic (exact) mass is 533 g/mol. The van der Waals surface area contributed by atoms with Gasteiger partial charge in [-0.3, -0.25) is 0 Å². The average molecular weight is 535 g/mol. The maximum atomic E-state index is 9.36. The number of phenols is 1. The van der Waals surface area contributed by atoms with Gasteiger partial charge >= 0.3 is 0 Å². The minimum absolute atomic E-state index is 0. The van der Waals surface area contributed by atoms with Crippen molar-refractivity contribution >= 4 is 55.8 Å². The minimum Gasteiger partial charge on any atom is -0.508 e. The number of hydrogen-bond donors (Lipinski definition) is 1. The number of aromatic hydroxyl groups is 1. The van der Waals surface area contributed by atoms with Crippen molar-refractivity contribution < 1.29 is 26.8 Å². The number of thiophene rings is 1. The van der Waals surface area contributed by atoms with Crippen molar-refractivity contribution in [1.29, 1.82) is 0 Å². The van der Waals surface area contributed by atoms with Crippen molar-refractivity contribution in [3.05, 3.63) is 57.5 Å². The van der Waals surface area contributed by atoms with Crippen molar-refractivity contribution in [2.45, 2.75) is 79.8 Å². The van der Waals surface area contributed by atoms with E-state index in [0.717, 1.165) is 5.56 Å². The van der Waals surface area contributed by atoms with Gasteiger partial charge in [-0.2, -0.15) is 33.9 Å². The van der Waals surface area contributed by atoms with Crippen LogP contribution < -0.4 is 0 Å². The second-order valence-electron chi connectivity index (χ2n) is 8.35. The Bertz CT molecular complexity index is 859. The van der Waals surface area contributed by atoms with E-state index in [9.17, 15) is 5.11 Å². The second kappa shape index (κ2) is 16.5. The van der Waals surface area contributed by atoms with Crippen molar-refractivity contribution in [3.63, 3.8) is 0 Å². The zero-order valence-corrected chi connectivity index (χ0v) is 25.5. The molecule has 0 aliphatic heterocycles. The smallest absolute Gasteiger partial charge is 0.116 e. The van der Waals surface area contributed by atoms with Gasteiger partial charge < -0.3 is 5.11 Å². The van der Waals surface area contributed by atoms with Crippen molar-refractivity contribution in [1.82, 2.24) is 0 Å². The Labute approximate surface area is 224 Å². The van der Waals surface area contributed by atoms with Crippen LogP contribution in [-0.4, -0.2) is 14.6 Å². The number of fused-ring (bicyclic) bond motifs is 1. The van der Waals surface area contributed by atoms with Gasteiger partial charge in [0.05, 0.1) is 0 Å². The summed E-state index contributed by atoms with van der Waals surface area (Å²) >= 11 is 1.89. The van der Waals surface area contributed by atoms with Gasteiger partial charge in [0.1, 0.15) is 5.75 Å². The van der Waals surface area contributed by atoms with Crippen molar-refractivity contribution in [3.8, 4) is 5.75 Å². The molecule has 1 aromatic heterocycles. The molecule has 3 rings (SSSR count). The molecule has 2 radical (unpaired) electrons. The van der Waals surface area contributed by atoms with Gasteiger partial charge in [-0.25, -0.2) is 0 Å². The molecule has 1 heterocycles. The van der Waals surface area contributed by atoms with Gasteiger partial charge in [0.2, 0.25) is 0 Å². The number of benzene rings is 1. The summed E-state index contributed by atoms with van der Waals surface area (Å²) in [5.41, 5.74) is 5.28. The van der Waals surface area contributed by atoms with Crippen LogP contribution in [-0.2, 0) is 27.1 Å². The number of rotatable bonds is 2. The Kier molecular flexibility index (Phi) is 18.8. The molecule has 6 heteroatoms. The molecule has 174 valence electrons. The van der Waals surface area contributed by atoms with E-state index in [-0.39, 0.29) is 51.9 Å². The Morgan fingerprint density at radius 3 is 1.87 bits per heavy atom. The van der Waals surface area contributed by atoms with Crippen LogP contribution in [0.3, 0.4) is 0 Å². The number of hydrogen-bond acceptors (Lipinski definition) is 2. The first-order chi connectivity index (χ1) is 13.0. The number of phenolic OH excluding ortho intramolecular Hbond substituents is 1. The minimum atomic E-state index is 0. The molecule has 1 N–H and O–H groups in total. The molecule has 31 heavy (non-hydrogen) atoms. The molecule has 0 spiro atoms. The van der Waals surface area contributed by atoms with Gasteiger partial charge in [-0.1, -0.05) is 71.3 Å². The molecule has 0 saturated carbocycles. The van der Waals surface area contributed by atoms with Crippen LogP contribution >= 0.6 is 36.2 Å². The van der Waals surface area contributed by atoms with Crippen LogP contribution in [0.1, 0.15) is 61.7 Å². The van der Waals surface area contributed by atoms with E-state index in [2.05, 4.69) is 73.6 Å². The summed E-state index contributed by atoms with van der Waals surface area (Å²) in [5.74, 6) is 0.361. The Balaban J connectivity index is -0.000000388. The molecule has 0 fully saturated rings. The predicted molar refractivity (Wildman–Crippen MR) is 144 cm³/mol. The summed E-state index contributed by atoms with van der Waals surface area (Å²) in [6.45, 7) is 19.4. The van der Waals surface area contributed by atoms with E-state index in [1.165, 1.54) is 53.3 Å². The van der Waals surface area contributed by atoms with E-state index in [1.54, 1.807) is 6.07 Å². The molecule has 0 saturated heterocycles. The fourth-order valence-corrected chi connectivity index (χ4v) is 4.48. The Hall–Kier alpha value is -0.159. The largest absolute Gasteiger partial charge is 0.508 e. The number of halogens is 2. The summed E-state index contributed by atoms with van der Waals surface area (Å²) in [4.78, 5) is 1.41. The third-order valence-corrected chi connectivity index (χ3v) is 6.65. The van der Waals surface area contributed by atoms with E-state index in [1.807, 2.05) is 24.3 Å². The van der Waals surface area contributed by atoms with Crippen molar-refractivity contribution in [2.75, 3.05) is 0 Å². The van der Waals surface area contributed by atoms with Gasteiger partial charge in [0.15, 0.2) is 0 Å². The molecule has 3 aromatic rings. The molecule has 0 unspecified atom stereocenters. The predicted octanol–water partition coefficient (Wildman–Crippen LogP) is 8.95. The van der Waals surface area contributed by atoms with Crippen LogP contribution in [0, 0.1) is 27.7 Å². The van der Waals surface area contributed by atoms with E-state index in [0.29, 0.717) is 5.75 Å². The van der Waals surface area contributed by atoms with Gasteiger partial charge in [-0.15, -0.1) is 30.9 Å². The molecular weight excluding hydrogens is 495 g/mol. The summed E-state index contributed by atoms with van der Waals surface area (Å²) in [6, 6.07) is 13.0. The fraction of sp³-hybridized carbons (Fsp3) is 0.480. The van der Waals surface area contributed by atoms with Crippen molar-refractivity contribution in [2.24, 2.45) is 0 Å². The van der Waals surface area contributed by atoms with Gasteiger partial charge in [0.25, 0.3) is 0 Å². The Morgan fingerprint density at radius 1 is 0.935 bits per heavy atom. The summed E-state index contributed by atoms with van der Waals surface area (Å²) in [7, 11) is 1.20. The quantitative estimate of drug-likeness (QED) is 0.257. The molecule has 0 atom stereocenters. The summed E-state index contributed by atoms with van der Waals surface area (Å²) in [5, 5.41) is 10.8. The molecular formula is C25H39Cl2OSSiTi-. The molecule has 2 aromatic carbocycles. The topological polar surface area (TPSA) is 20.2 Å². The van der Waals surface area contributed by atoms with Crippen LogP contribution in [0.4, 0.5) is 0 Å². The maximum Gasteiger partial charge on any atom is 0.116 e. The fourth-order valence-electron chi connectivity index (χ4n) is 2.90. The summed E-state index contributed by atoms with van der Waals surface area (Å²) < 4.78 is 1.44. The van der Waals surface area contributed by atoms with Crippen LogP contribution in [0.2, 0.25) is 12.1 Å². The second-order valence-corrected chi connectivity index (χ2v) is 11.6.